The van der Waals surface area contributed by atoms with E-state index in [1.807, 2.05) is 0 Å². The third kappa shape index (κ3) is 4.84. The molecule has 104 valence electrons. The van der Waals surface area contributed by atoms with Gasteiger partial charge in [0.25, 0.3) is 0 Å². The van der Waals surface area contributed by atoms with Gasteiger partial charge >= 0.3 is 0 Å². The van der Waals surface area contributed by atoms with Gasteiger partial charge in [-0.3, -0.25) is 4.99 Å². The number of guanidine groups is 1. The van der Waals surface area contributed by atoms with E-state index in [1.54, 1.807) is 0 Å². The lowest BCUT2D eigenvalue weighted by Crippen LogP contribution is -2.40. The maximum Gasteiger partial charge on any atom is 0.188 e. The average molecular weight is 253 g/mol. The normalized spacial score (nSPS) is 27.8. The highest BCUT2D eigenvalue weighted by Gasteiger charge is 2.15. The molecule has 1 aliphatic heterocycles. The van der Waals surface area contributed by atoms with E-state index in [1.165, 1.54) is 44.9 Å². The molecule has 0 aromatic rings. The van der Waals surface area contributed by atoms with Crippen molar-refractivity contribution in [3.05, 3.63) is 0 Å². The summed E-state index contributed by atoms with van der Waals surface area (Å²) in [5.41, 5.74) is 5.97. The zero-order chi connectivity index (χ0) is 12.6. The highest BCUT2D eigenvalue weighted by Crippen LogP contribution is 2.17. The maximum atomic E-state index is 5.97. The Labute approximate surface area is 110 Å². The predicted octanol–water partition coefficient (Wildman–Crippen LogP) is 2.04. The highest BCUT2D eigenvalue weighted by atomic mass is 16.5. The summed E-state index contributed by atoms with van der Waals surface area (Å²) in [5.74, 6) is 1.20. The summed E-state index contributed by atoms with van der Waals surface area (Å²) in [6, 6.07) is 0.541. The molecule has 0 aromatic carbocycles. The molecular weight excluding hydrogens is 226 g/mol. The minimum absolute atomic E-state index is 0.541. The topological polar surface area (TPSA) is 59.6 Å². The number of aliphatic imine (C=N–C) groups is 1. The van der Waals surface area contributed by atoms with Crippen molar-refractivity contribution in [2.45, 2.75) is 57.4 Å². The van der Waals surface area contributed by atoms with Crippen LogP contribution in [0.25, 0.3) is 0 Å². The van der Waals surface area contributed by atoms with Gasteiger partial charge in [-0.2, -0.15) is 0 Å². The predicted molar refractivity (Wildman–Crippen MR) is 74.7 cm³/mol. The van der Waals surface area contributed by atoms with E-state index in [0.29, 0.717) is 17.9 Å². The summed E-state index contributed by atoms with van der Waals surface area (Å²) in [6.45, 7) is 2.57. The molecule has 0 aromatic heterocycles. The van der Waals surface area contributed by atoms with E-state index in [2.05, 4.69) is 10.3 Å². The number of nitrogens with zero attached hydrogens (tertiary/aromatic N) is 1. The largest absolute Gasteiger partial charge is 0.381 e. The van der Waals surface area contributed by atoms with Crippen molar-refractivity contribution >= 4 is 5.96 Å². The van der Waals surface area contributed by atoms with Crippen molar-refractivity contribution in [3.63, 3.8) is 0 Å². The van der Waals surface area contributed by atoms with Crippen LogP contribution in [-0.2, 0) is 4.74 Å². The van der Waals surface area contributed by atoms with E-state index in [-0.39, 0.29) is 0 Å². The molecule has 1 saturated carbocycles. The van der Waals surface area contributed by atoms with Crippen LogP contribution in [0, 0.1) is 5.92 Å². The number of hydrogen-bond donors (Lipinski definition) is 2. The van der Waals surface area contributed by atoms with Gasteiger partial charge in [0.05, 0.1) is 6.61 Å². The van der Waals surface area contributed by atoms with Crippen LogP contribution in [0.15, 0.2) is 4.99 Å². The Balaban J connectivity index is 1.70. The number of rotatable bonds is 3. The molecule has 1 aliphatic carbocycles. The monoisotopic (exact) mass is 253 g/mol. The van der Waals surface area contributed by atoms with E-state index in [0.717, 1.165) is 26.2 Å². The Morgan fingerprint density at radius 2 is 1.89 bits per heavy atom. The first-order valence-corrected chi connectivity index (χ1v) is 7.49. The van der Waals surface area contributed by atoms with Crippen LogP contribution in [0.1, 0.15) is 51.4 Å². The van der Waals surface area contributed by atoms with Crippen LogP contribution in [0.2, 0.25) is 0 Å². The minimum atomic E-state index is 0.541. The number of nitrogens with two attached hydrogens (primary N) is 1. The van der Waals surface area contributed by atoms with Gasteiger partial charge in [-0.1, -0.05) is 25.7 Å². The maximum absolute atomic E-state index is 5.97. The van der Waals surface area contributed by atoms with Crippen LogP contribution >= 0.6 is 0 Å². The minimum Gasteiger partial charge on any atom is -0.381 e. The third-order valence-electron chi connectivity index (χ3n) is 3.98. The quantitative estimate of drug-likeness (QED) is 0.460. The molecular formula is C14H27N3O. The molecule has 0 bridgehead atoms. The molecule has 2 fully saturated rings. The Morgan fingerprint density at radius 1 is 1.11 bits per heavy atom. The van der Waals surface area contributed by atoms with Gasteiger partial charge < -0.3 is 15.8 Å². The zero-order valence-corrected chi connectivity index (χ0v) is 11.4. The van der Waals surface area contributed by atoms with Crippen molar-refractivity contribution in [2.75, 3.05) is 19.8 Å². The summed E-state index contributed by atoms with van der Waals surface area (Å²) in [4.78, 5) is 4.48. The second-order valence-electron chi connectivity index (χ2n) is 5.64. The number of nitrogens with one attached hydrogen (secondary N) is 1. The molecule has 1 atom stereocenters. The van der Waals surface area contributed by atoms with E-state index >= 15 is 0 Å². The molecule has 4 heteroatoms. The molecule has 0 radical (unpaired) electrons. The van der Waals surface area contributed by atoms with Crippen LogP contribution in [0.3, 0.4) is 0 Å². The average Bonchev–Trinajstić information content (AvgIpc) is 2.66. The van der Waals surface area contributed by atoms with Crippen molar-refractivity contribution < 1.29 is 4.74 Å². The molecule has 2 aliphatic rings. The van der Waals surface area contributed by atoms with Crippen LogP contribution < -0.4 is 11.1 Å². The molecule has 2 rings (SSSR count). The Morgan fingerprint density at radius 3 is 2.56 bits per heavy atom. The lowest BCUT2D eigenvalue weighted by Gasteiger charge is -2.21. The van der Waals surface area contributed by atoms with Gasteiger partial charge in [0.15, 0.2) is 5.96 Å². The lowest BCUT2D eigenvalue weighted by atomic mass is 10.0. The SMILES string of the molecule is NC(=NCC1CCCOC1)NC1CCCCCC1. The van der Waals surface area contributed by atoms with Gasteiger partial charge in [-0.05, 0) is 25.7 Å². The summed E-state index contributed by atoms with van der Waals surface area (Å²) in [6.07, 6.45) is 10.2. The third-order valence-corrected chi connectivity index (χ3v) is 3.98. The first-order valence-electron chi connectivity index (χ1n) is 7.49. The Kier molecular flexibility index (Phi) is 5.78. The molecule has 0 amide bonds. The Hall–Kier alpha value is -0.770. The van der Waals surface area contributed by atoms with Gasteiger partial charge in [-0.15, -0.1) is 0 Å². The molecule has 0 spiro atoms. The standard InChI is InChI=1S/C14H27N3O/c15-14(16-10-12-6-5-9-18-11-12)17-13-7-3-1-2-4-8-13/h12-13H,1-11H2,(H3,15,16,17). The van der Waals surface area contributed by atoms with Crippen molar-refractivity contribution in [3.8, 4) is 0 Å². The molecule has 18 heavy (non-hydrogen) atoms. The molecule has 1 heterocycles. The first kappa shape index (κ1) is 13.7. The Bertz CT molecular complexity index is 254. The van der Waals surface area contributed by atoms with E-state index in [9.17, 15) is 0 Å². The van der Waals surface area contributed by atoms with Gasteiger partial charge in [0.2, 0.25) is 0 Å². The van der Waals surface area contributed by atoms with Crippen LogP contribution in [-0.4, -0.2) is 31.8 Å². The summed E-state index contributed by atoms with van der Waals surface area (Å²) >= 11 is 0. The van der Waals surface area contributed by atoms with Crippen molar-refractivity contribution in [1.82, 2.24) is 5.32 Å². The number of ether oxygens (including phenoxy) is 1. The lowest BCUT2D eigenvalue weighted by molar-refractivity contribution is 0.0582. The van der Waals surface area contributed by atoms with Crippen molar-refractivity contribution in [2.24, 2.45) is 16.6 Å². The van der Waals surface area contributed by atoms with Gasteiger partial charge in [0, 0.05) is 25.1 Å². The first-order chi connectivity index (χ1) is 8.84. The fourth-order valence-corrected chi connectivity index (χ4v) is 2.86. The van der Waals surface area contributed by atoms with E-state index in [4.69, 9.17) is 10.5 Å². The van der Waals surface area contributed by atoms with Crippen LogP contribution in [0.4, 0.5) is 0 Å². The van der Waals surface area contributed by atoms with E-state index < -0.39 is 0 Å². The fourth-order valence-electron chi connectivity index (χ4n) is 2.86. The zero-order valence-electron chi connectivity index (χ0n) is 11.4. The van der Waals surface area contributed by atoms with Gasteiger partial charge in [0.1, 0.15) is 0 Å². The molecule has 4 nitrogen and oxygen atoms in total. The summed E-state index contributed by atoms with van der Waals surface area (Å²) < 4.78 is 5.45. The van der Waals surface area contributed by atoms with Crippen molar-refractivity contribution in [1.29, 1.82) is 0 Å². The second kappa shape index (κ2) is 7.62. The van der Waals surface area contributed by atoms with Gasteiger partial charge in [-0.25, -0.2) is 0 Å². The smallest absolute Gasteiger partial charge is 0.188 e. The number of hydrogen-bond acceptors (Lipinski definition) is 2. The molecule has 1 saturated heterocycles. The molecule has 3 N–H and O–H groups in total. The summed E-state index contributed by atoms with van der Waals surface area (Å²) in [5, 5.41) is 3.39. The summed E-state index contributed by atoms with van der Waals surface area (Å²) in [7, 11) is 0. The highest BCUT2D eigenvalue weighted by molar-refractivity contribution is 5.78. The van der Waals surface area contributed by atoms with Crippen LogP contribution in [0.5, 0.6) is 0 Å². The fraction of sp³-hybridized carbons (Fsp3) is 0.929. The second-order valence-corrected chi connectivity index (χ2v) is 5.64. The molecule has 1 unspecified atom stereocenters.